The van der Waals surface area contributed by atoms with E-state index in [1.807, 2.05) is 17.4 Å². The molecule has 4 aromatic rings. The first-order valence-electron chi connectivity index (χ1n) is 26.2. The minimum Gasteiger partial charge on any atom is -0.453 e. The molecule has 3 saturated heterocycles. The number of methoxy groups -OCH3 is 1. The number of rotatable bonds is 19. The Balaban J connectivity index is 1.06. The summed E-state index contributed by atoms with van der Waals surface area (Å²) in [6.07, 6.45) is -3.88. The van der Waals surface area contributed by atoms with Crippen molar-refractivity contribution in [2.24, 2.45) is 10.8 Å². The van der Waals surface area contributed by atoms with Crippen molar-refractivity contribution in [1.29, 1.82) is 0 Å². The fourth-order valence-electron chi connectivity index (χ4n) is 9.93. The van der Waals surface area contributed by atoms with E-state index in [9.17, 15) is 46.2 Å². The molecule has 8 rings (SSSR count). The van der Waals surface area contributed by atoms with E-state index < -0.39 is 102 Å². The van der Waals surface area contributed by atoms with Crippen LogP contribution in [-0.4, -0.2) is 148 Å². The third kappa shape index (κ3) is 14.3. The summed E-state index contributed by atoms with van der Waals surface area (Å²) in [6, 6.07) is 9.11. The summed E-state index contributed by atoms with van der Waals surface area (Å²) < 4.78 is 118. The van der Waals surface area contributed by atoms with E-state index in [1.165, 1.54) is 0 Å². The van der Waals surface area contributed by atoms with Crippen LogP contribution in [0.1, 0.15) is 89.1 Å². The first kappa shape index (κ1) is 59.1. The standard InChI is InChI=1S/C55H65F7N10O8/c1-53(2,3)46(65-52(77)80-38-16-17-38)49(75)68-70(27-39-40(56)22-34(23-41(39)57)42-19-20-71(67-42)50(58)59)28-44(73)43(64-48(74)47(66-51(76)78-6)54(4,5)55(60,61)62)21-32-10-7-31(8-11-32)9-12-33-13-18-45(63-24-33)69-25-35-14-15-36(26-69)72(35)37-29-79-30-37/h7-8,10-11,13,18-20,22-24,35-38,43-44,46-47,50,73H,14-17,21,25-30H2,1-6H3,(H,64,74)(H,65,77)(H,66,76)(H,68,75)/t35?,36?,43-,44-,46+,47?/m0/s1. The van der Waals surface area contributed by atoms with Gasteiger partial charge in [0.05, 0.1) is 49.6 Å². The van der Waals surface area contributed by atoms with Crippen LogP contribution in [0.3, 0.4) is 0 Å². The summed E-state index contributed by atoms with van der Waals surface area (Å²) in [5.41, 5.74) is -1.02. The maximum atomic E-state index is 16.1. The molecule has 0 radical (unpaired) electrons. The number of pyridine rings is 1. The second kappa shape index (κ2) is 24.4. The van der Waals surface area contributed by atoms with Crippen molar-refractivity contribution >= 4 is 29.8 Å². The largest absolute Gasteiger partial charge is 0.453 e. The van der Waals surface area contributed by atoms with Crippen molar-refractivity contribution in [3.63, 3.8) is 0 Å². The summed E-state index contributed by atoms with van der Waals surface area (Å²) >= 11 is 0. The molecule has 2 bridgehead atoms. The van der Waals surface area contributed by atoms with E-state index in [4.69, 9.17) is 14.5 Å². The lowest BCUT2D eigenvalue weighted by atomic mass is 9.82. The second-order valence-electron chi connectivity index (χ2n) is 22.2. The number of carbonyl (C=O) groups is 4. The minimum atomic E-state index is -5.09. The van der Waals surface area contributed by atoms with Crippen molar-refractivity contribution in [3.05, 3.63) is 101 Å². The number of hydrogen-bond donors (Lipinski definition) is 5. The Morgan fingerprint density at radius 2 is 1.45 bits per heavy atom. The summed E-state index contributed by atoms with van der Waals surface area (Å²) in [4.78, 5) is 63.4. The second-order valence-corrected chi connectivity index (χ2v) is 22.2. The van der Waals surface area contributed by atoms with Crippen LogP contribution in [0.5, 0.6) is 0 Å². The zero-order valence-corrected chi connectivity index (χ0v) is 45.0. The van der Waals surface area contributed by atoms with Crippen molar-refractivity contribution in [2.45, 2.75) is 134 Å². The molecule has 3 aliphatic heterocycles. The maximum Gasteiger partial charge on any atom is 0.408 e. The fourth-order valence-corrected chi connectivity index (χ4v) is 9.93. The van der Waals surface area contributed by atoms with Crippen LogP contribution in [0, 0.1) is 34.3 Å². The van der Waals surface area contributed by atoms with Gasteiger partial charge in [-0.05, 0) is 99.4 Å². The molecule has 4 fully saturated rings. The Morgan fingerprint density at radius 3 is 1.99 bits per heavy atom. The molecule has 432 valence electrons. The molecule has 4 aliphatic rings. The monoisotopic (exact) mass is 1130 g/mol. The highest BCUT2D eigenvalue weighted by molar-refractivity contribution is 5.87. The molecule has 2 aromatic carbocycles. The number of nitrogens with zero attached hydrogens (tertiary/aromatic N) is 6. The van der Waals surface area contributed by atoms with Gasteiger partial charge in [-0.3, -0.25) is 19.9 Å². The molecular weight excluding hydrogens is 1060 g/mol. The molecule has 25 heteroatoms. The molecule has 1 aliphatic carbocycles. The number of nitrogens with one attached hydrogen (secondary N) is 4. The van der Waals surface area contributed by atoms with Gasteiger partial charge in [0.1, 0.15) is 35.6 Å². The van der Waals surface area contributed by atoms with Gasteiger partial charge in [-0.2, -0.15) is 27.1 Å². The van der Waals surface area contributed by atoms with Crippen molar-refractivity contribution in [1.82, 2.24) is 46.0 Å². The Labute approximate surface area is 458 Å². The number of aliphatic hydroxyl groups is 1. The predicted octanol–water partition coefficient (Wildman–Crippen LogP) is 6.61. The predicted molar refractivity (Wildman–Crippen MR) is 276 cm³/mol. The minimum absolute atomic E-state index is 0.200. The van der Waals surface area contributed by atoms with E-state index in [0.29, 0.717) is 61.5 Å². The van der Waals surface area contributed by atoms with Crippen LogP contribution >= 0.6 is 0 Å². The summed E-state index contributed by atoms with van der Waals surface area (Å²) in [5.74, 6) is 2.21. The van der Waals surface area contributed by atoms with Crippen LogP contribution in [-0.2, 0) is 36.8 Å². The number of ether oxygens (including phenoxy) is 3. The van der Waals surface area contributed by atoms with Gasteiger partial charge in [-0.1, -0.05) is 44.7 Å². The van der Waals surface area contributed by atoms with Gasteiger partial charge < -0.3 is 40.2 Å². The number of anilines is 1. The summed E-state index contributed by atoms with van der Waals surface area (Å²) in [7, 11) is 0.884. The first-order chi connectivity index (χ1) is 37.8. The Morgan fingerprint density at radius 1 is 0.825 bits per heavy atom. The normalized spacial score (nSPS) is 19.3. The molecule has 80 heavy (non-hydrogen) atoms. The Bertz CT molecular complexity index is 2880. The third-order valence-electron chi connectivity index (χ3n) is 14.8. The topological polar surface area (TPSA) is 205 Å². The van der Waals surface area contributed by atoms with Crippen LogP contribution < -0.4 is 26.3 Å². The number of fused-ring (bicyclic) bond motifs is 2. The number of aliphatic hydroxyl groups excluding tert-OH is 1. The molecular formula is C55H65F7N10O8. The van der Waals surface area contributed by atoms with Crippen molar-refractivity contribution in [2.75, 3.05) is 44.9 Å². The van der Waals surface area contributed by atoms with Gasteiger partial charge in [0.25, 0.3) is 5.91 Å². The highest BCUT2D eigenvalue weighted by Crippen LogP contribution is 2.41. The third-order valence-corrected chi connectivity index (χ3v) is 14.8. The number of amides is 4. The van der Waals surface area contributed by atoms with Gasteiger partial charge in [0.2, 0.25) is 5.91 Å². The number of alkyl carbamates (subject to hydrolysis) is 2. The number of benzene rings is 2. The van der Waals surface area contributed by atoms with Gasteiger partial charge >= 0.3 is 24.9 Å². The number of alkyl halides is 5. The van der Waals surface area contributed by atoms with E-state index in [1.54, 1.807) is 51.2 Å². The molecule has 5 N–H and O–H groups in total. The highest BCUT2D eigenvalue weighted by Gasteiger charge is 2.56. The van der Waals surface area contributed by atoms with Crippen molar-refractivity contribution in [3.8, 4) is 23.1 Å². The Kier molecular flexibility index (Phi) is 18.0. The molecule has 0 spiro atoms. The van der Waals surface area contributed by atoms with E-state index >= 15 is 8.78 Å². The number of halogens is 7. The van der Waals surface area contributed by atoms with Crippen molar-refractivity contribution < 1.29 is 69.2 Å². The zero-order chi connectivity index (χ0) is 57.8. The van der Waals surface area contributed by atoms with Gasteiger partial charge in [-0.25, -0.2) is 33.0 Å². The number of hydrogen-bond acceptors (Lipinski definition) is 13. The van der Waals surface area contributed by atoms with Crippen LogP contribution in [0.15, 0.2) is 67.0 Å². The number of aromatic nitrogens is 3. The summed E-state index contributed by atoms with van der Waals surface area (Å²) in [6.45, 7) is 4.75. The first-order valence-corrected chi connectivity index (χ1v) is 26.2. The Hall–Kier alpha value is -7.01. The lowest BCUT2D eigenvalue weighted by Crippen LogP contribution is -2.63. The lowest BCUT2D eigenvalue weighted by molar-refractivity contribution is -0.220. The van der Waals surface area contributed by atoms with Gasteiger partial charge in [0.15, 0.2) is 0 Å². The van der Waals surface area contributed by atoms with E-state index in [-0.39, 0.29) is 28.5 Å². The molecule has 1 saturated carbocycles. The quantitative estimate of drug-likeness (QED) is 0.0382. The average molecular weight is 1130 g/mol. The van der Waals surface area contributed by atoms with Crippen LogP contribution in [0.25, 0.3) is 11.3 Å². The molecule has 6 atom stereocenters. The zero-order valence-electron chi connectivity index (χ0n) is 45.0. The number of hydrazine groups is 1. The van der Waals surface area contributed by atoms with Crippen LogP contribution in [0.2, 0.25) is 0 Å². The van der Waals surface area contributed by atoms with E-state index in [2.05, 4.69) is 47.5 Å². The summed E-state index contributed by atoms with van der Waals surface area (Å²) in [5, 5.41) is 23.6. The molecule has 4 amide bonds. The maximum absolute atomic E-state index is 16.1. The van der Waals surface area contributed by atoms with Crippen LogP contribution in [0.4, 0.5) is 46.1 Å². The SMILES string of the molecule is COC(=O)NC(C(=O)N[C@@H](Cc1ccc(C#Cc2ccc(N3CC4CCC(C3)N4C3COC3)nc2)cc1)[C@@H](O)CN(Cc1c(F)cc(-c2ccn(C(F)F)n2)cc1F)NC(=O)[C@@H](NC(=O)OC1CC1)C(C)(C)C)C(C)(C)C(F)(F)F. The number of piperazine rings is 1. The van der Waals surface area contributed by atoms with E-state index in [0.717, 1.165) is 81.5 Å². The van der Waals surface area contributed by atoms with Gasteiger partial charge in [0, 0.05) is 72.9 Å². The molecule has 18 nitrogen and oxygen atoms in total. The smallest absolute Gasteiger partial charge is 0.408 e. The molecule has 2 aromatic heterocycles. The molecule has 5 heterocycles. The molecule has 3 unspecified atom stereocenters. The van der Waals surface area contributed by atoms with Gasteiger partial charge in [-0.15, -0.1) is 0 Å². The lowest BCUT2D eigenvalue weighted by Gasteiger charge is -2.47. The fraction of sp³-hybridized carbons (Fsp3) is 0.527. The number of carbonyl (C=O) groups excluding carboxylic acids is 4. The highest BCUT2D eigenvalue weighted by atomic mass is 19.4. The average Bonchev–Trinajstić information content (AvgIpc) is 4.00.